The number of carbonyl (C=O) groups is 2. The molecule has 1 unspecified atom stereocenters. The van der Waals surface area contributed by atoms with Gasteiger partial charge in [0.25, 0.3) is 5.91 Å². The third-order valence-electron chi connectivity index (χ3n) is 4.31. The Labute approximate surface area is 209 Å². The Morgan fingerprint density at radius 1 is 1.09 bits per heavy atom. The number of hydrogen-bond donors (Lipinski definition) is 3. The fraction of sp³-hybridized carbons (Fsp3) is 0.273. The first kappa shape index (κ1) is 30.0. The maximum absolute atomic E-state index is 14.6. The third kappa shape index (κ3) is 9.59. The van der Waals surface area contributed by atoms with Gasteiger partial charge in [-0.3, -0.25) is 19.7 Å². The van der Waals surface area contributed by atoms with Gasteiger partial charge in [0.05, 0.1) is 18.0 Å². The van der Waals surface area contributed by atoms with Crippen LogP contribution < -0.4 is 15.5 Å². The molecule has 0 radical (unpaired) electrons. The second kappa shape index (κ2) is 15.0. The lowest BCUT2D eigenvalue weighted by atomic mass is 10.3. The fourth-order valence-corrected chi connectivity index (χ4v) is 3.92. The first-order valence-electron chi connectivity index (χ1n) is 9.89. The van der Waals surface area contributed by atoms with Crippen LogP contribution in [0.3, 0.4) is 0 Å². The number of hydroxylamine groups is 1. The maximum atomic E-state index is 14.6. The van der Waals surface area contributed by atoms with E-state index < -0.39 is 40.8 Å². The highest BCUT2D eigenvalue weighted by Gasteiger charge is 2.23. The normalized spacial score (nSPS) is 11.4. The largest absolute Gasteiger partial charge is 0.451 e. The molecule has 0 aliphatic carbocycles. The standard InChI is InChI=1S/C20H23ClF2N4O5S.C2H2/c1-24-18(28)11-26(2)7-8-27(12-19(29)25-30)33(31)15-9-16(22)20(17(23)10-15)32-14-5-3-13(21)4-6-14;1-2/h3-6,9-10,30H,7-8,11-12H2,1-2H3,(H,24,28)(H,25,29);1-2H. The van der Waals surface area contributed by atoms with Crippen molar-refractivity contribution in [3.63, 3.8) is 0 Å². The van der Waals surface area contributed by atoms with E-state index in [0.717, 1.165) is 16.4 Å². The number of ether oxygens (including phenoxy) is 1. The number of nitrogens with zero attached hydrogens (tertiary/aromatic N) is 2. The van der Waals surface area contributed by atoms with Crippen LogP contribution >= 0.6 is 11.6 Å². The summed E-state index contributed by atoms with van der Waals surface area (Å²) in [4.78, 5) is 24.5. The zero-order valence-electron chi connectivity index (χ0n) is 19.0. The van der Waals surface area contributed by atoms with Crippen LogP contribution in [0.2, 0.25) is 5.02 Å². The van der Waals surface area contributed by atoms with Gasteiger partial charge in [0.2, 0.25) is 5.91 Å². The maximum Gasteiger partial charge on any atom is 0.258 e. The Hall–Kier alpha value is -3.08. The minimum atomic E-state index is -2.17. The van der Waals surface area contributed by atoms with Gasteiger partial charge in [0.1, 0.15) is 16.7 Å². The Balaban J connectivity index is 0.00000298. The molecule has 190 valence electrons. The highest BCUT2D eigenvalue weighted by atomic mass is 35.5. The molecule has 0 saturated heterocycles. The lowest BCUT2D eigenvalue weighted by Gasteiger charge is -2.23. The molecule has 2 aromatic rings. The highest BCUT2D eigenvalue weighted by Crippen LogP contribution is 2.30. The topological polar surface area (TPSA) is 111 Å². The monoisotopic (exact) mass is 530 g/mol. The van der Waals surface area contributed by atoms with Crippen molar-refractivity contribution in [3.8, 4) is 24.3 Å². The van der Waals surface area contributed by atoms with Crippen LogP contribution in [0.5, 0.6) is 11.5 Å². The van der Waals surface area contributed by atoms with E-state index in [1.165, 1.54) is 36.8 Å². The van der Waals surface area contributed by atoms with Gasteiger partial charge in [-0.1, -0.05) is 11.6 Å². The van der Waals surface area contributed by atoms with Gasteiger partial charge in [0.15, 0.2) is 17.4 Å². The van der Waals surface area contributed by atoms with Crippen molar-refractivity contribution in [2.45, 2.75) is 4.90 Å². The molecule has 2 amide bonds. The number of benzene rings is 2. The van der Waals surface area contributed by atoms with Crippen molar-refractivity contribution < 1.29 is 32.5 Å². The molecule has 13 heteroatoms. The van der Waals surface area contributed by atoms with Crippen molar-refractivity contribution in [2.75, 3.05) is 40.3 Å². The van der Waals surface area contributed by atoms with Crippen LogP contribution in [0.15, 0.2) is 41.3 Å². The van der Waals surface area contributed by atoms with Crippen molar-refractivity contribution in [2.24, 2.45) is 0 Å². The first-order chi connectivity index (χ1) is 16.6. The van der Waals surface area contributed by atoms with Gasteiger partial charge >= 0.3 is 0 Å². The Bertz CT molecular complexity index is 1030. The van der Waals surface area contributed by atoms with Gasteiger partial charge in [-0.05, 0) is 43.4 Å². The quantitative estimate of drug-likeness (QED) is 0.233. The number of halogens is 3. The molecule has 0 fully saturated rings. The summed E-state index contributed by atoms with van der Waals surface area (Å²) in [5.41, 5.74) is 1.42. The number of carbonyl (C=O) groups excluding carboxylic acids is 2. The number of amides is 2. The van der Waals surface area contributed by atoms with E-state index in [0.29, 0.717) is 5.02 Å². The fourth-order valence-electron chi connectivity index (χ4n) is 2.61. The molecule has 0 heterocycles. The smallest absolute Gasteiger partial charge is 0.258 e. The molecule has 3 N–H and O–H groups in total. The molecule has 9 nitrogen and oxygen atoms in total. The highest BCUT2D eigenvalue weighted by molar-refractivity contribution is 7.82. The number of hydrogen-bond acceptors (Lipinski definition) is 6. The lowest BCUT2D eigenvalue weighted by molar-refractivity contribution is -0.129. The first-order valence-corrected chi connectivity index (χ1v) is 11.4. The minimum absolute atomic E-state index is 0.0141. The SMILES string of the molecule is C#C.CNC(=O)CN(C)CCN(CC(=O)NO)S(=O)c1cc(F)c(Oc2ccc(Cl)cc2)c(F)c1. The van der Waals surface area contributed by atoms with Crippen LogP contribution in [0, 0.1) is 24.5 Å². The predicted molar refractivity (Wildman–Crippen MR) is 127 cm³/mol. The average Bonchev–Trinajstić information content (AvgIpc) is 2.85. The molecule has 0 spiro atoms. The van der Waals surface area contributed by atoms with E-state index in [2.05, 4.69) is 18.2 Å². The van der Waals surface area contributed by atoms with Crippen LogP contribution in [0.25, 0.3) is 0 Å². The Morgan fingerprint density at radius 3 is 2.17 bits per heavy atom. The second-order valence-electron chi connectivity index (χ2n) is 6.83. The Kier molecular flexibility index (Phi) is 12.9. The van der Waals surface area contributed by atoms with Gasteiger partial charge in [-0.25, -0.2) is 22.8 Å². The molecule has 2 rings (SSSR count). The molecule has 0 bridgehead atoms. The number of nitrogens with one attached hydrogen (secondary N) is 2. The zero-order valence-corrected chi connectivity index (χ0v) is 20.5. The van der Waals surface area contributed by atoms with E-state index in [1.54, 1.807) is 11.9 Å². The minimum Gasteiger partial charge on any atom is -0.451 e. The van der Waals surface area contributed by atoms with Crippen molar-refractivity contribution in [1.29, 1.82) is 0 Å². The van der Waals surface area contributed by atoms with E-state index in [1.807, 2.05) is 0 Å². The molecule has 35 heavy (non-hydrogen) atoms. The van der Waals surface area contributed by atoms with E-state index >= 15 is 0 Å². The number of likely N-dealkylation sites (N-methyl/N-ethyl adjacent to an activating group) is 2. The number of rotatable bonds is 11. The van der Waals surface area contributed by atoms with E-state index in [-0.39, 0.29) is 36.2 Å². The molecular weight excluding hydrogens is 506 g/mol. The van der Waals surface area contributed by atoms with Gasteiger partial charge in [0, 0.05) is 25.2 Å². The summed E-state index contributed by atoms with van der Waals surface area (Å²) in [6.07, 6.45) is 8.00. The summed E-state index contributed by atoms with van der Waals surface area (Å²) in [6.45, 7) is -0.299. The van der Waals surface area contributed by atoms with Gasteiger partial charge in [-0.2, -0.15) is 0 Å². The second-order valence-corrected chi connectivity index (χ2v) is 8.75. The molecule has 1 atom stereocenters. The molecule has 0 aliphatic heterocycles. The third-order valence-corrected chi connectivity index (χ3v) is 5.98. The molecule has 2 aromatic carbocycles. The Morgan fingerprint density at radius 2 is 1.66 bits per heavy atom. The summed E-state index contributed by atoms with van der Waals surface area (Å²) < 4.78 is 48.5. The van der Waals surface area contributed by atoms with Gasteiger partial charge in [-0.15, -0.1) is 12.8 Å². The van der Waals surface area contributed by atoms with Crippen LogP contribution in [-0.4, -0.2) is 70.7 Å². The van der Waals surface area contributed by atoms with Crippen molar-refractivity contribution in [1.82, 2.24) is 20.0 Å². The molecule has 0 saturated carbocycles. The average molecular weight is 531 g/mol. The van der Waals surface area contributed by atoms with Crippen LogP contribution in [0.1, 0.15) is 0 Å². The van der Waals surface area contributed by atoms with Crippen molar-refractivity contribution >= 4 is 34.4 Å². The summed E-state index contributed by atoms with van der Waals surface area (Å²) in [7, 11) is 0.937. The zero-order chi connectivity index (χ0) is 26.5. The molecular formula is C22H25ClF2N4O5S. The summed E-state index contributed by atoms with van der Waals surface area (Å²) in [6, 6.07) is 7.50. The van der Waals surface area contributed by atoms with Crippen molar-refractivity contribution in [3.05, 3.63) is 53.1 Å². The summed E-state index contributed by atoms with van der Waals surface area (Å²) >= 11 is 5.78. The van der Waals surface area contributed by atoms with E-state index in [4.69, 9.17) is 21.5 Å². The van der Waals surface area contributed by atoms with Gasteiger partial charge < -0.3 is 10.1 Å². The van der Waals surface area contributed by atoms with Crippen LogP contribution in [0.4, 0.5) is 8.78 Å². The molecule has 0 aliphatic rings. The summed E-state index contributed by atoms with van der Waals surface area (Å²) in [5, 5.41) is 11.7. The molecule has 0 aromatic heterocycles. The summed E-state index contributed by atoms with van der Waals surface area (Å²) in [5.74, 6) is -3.87. The van der Waals surface area contributed by atoms with E-state index in [9.17, 15) is 22.6 Å². The lowest BCUT2D eigenvalue weighted by Crippen LogP contribution is -2.42. The predicted octanol–water partition coefficient (Wildman–Crippen LogP) is 2.17. The number of terminal acetylenes is 1. The van der Waals surface area contributed by atoms with Crippen LogP contribution in [-0.2, 0) is 20.6 Å².